The van der Waals surface area contributed by atoms with Crippen LogP contribution in [0.4, 0.5) is 10.1 Å². The van der Waals surface area contributed by atoms with Crippen molar-refractivity contribution in [2.24, 2.45) is 5.73 Å². The maximum absolute atomic E-state index is 13.6. The van der Waals surface area contributed by atoms with Gasteiger partial charge < -0.3 is 11.1 Å². The van der Waals surface area contributed by atoms with Crippen molar-refractivity contribution in [2.75, 3.05) is 5.32 Å². The quantitative estimate of drug-likeness (QED) is 0.523. The van der Waals surface area contributed by atoms with E-state index in [9.17, 15) is 27.2 Å². The first-order valence-electron chi connectivity index (χ1n) is 8.64. The molecule has 4 rings (SSSR count). The third-order valence-corrected chi connectivity index (χ3v) is 6.54. The van der Waals surface area contributed by atoms with Gasteiger partial charge in [-0.05, 0) is 48.5 Å². The number of sulfone groups is 1. The molecule has 1 heterocycles. The van der Waals surface area contributed by atoms with Gasteiger partial charge in [-0.2, -0.15) is 0 Å². The Bertz CT molecular complexity index is 1370. The number of nitrogens with one attached hydrogen (secondary N) is 1. The normalized spacial score (nSPS) is 13.8. The van der Waals surface area contributed by atoms with Crippen molar-refractivity contribution < 1.29 is 27.2 Å². The Balaban J connectivity index is 1.72. The second kappa shape index (κ2) is 6.89. The van der Waals surface area contributed by atoms with Crippen LogP contribution in [-0.2, 0) is 9.84 Å². The van der Waals surface area contributed by atoms with Crippen LogP contribution in [-0.4, -0.2) is 26.0 Å². The van der Waals surface area contributed by atoms with Gasteiger partial charge in [-0.25, -0.2) is 12.8 Å². The molecule has 2 amide bonds. The van der Waals surface area contributed by atoms with Crippen molar-refractivity contribution in [3.8, 4) is 0 Å². The number of hydrogen-bond acceptors (Lipinski definition) is 5. The lowest BCUT2D eigenvalue weighted by molar-refractivity contribution is 0.0992. The molecule has 0 radical (unpaired) electrons. The van der Waals surface area contributed by atoms with E-state index in [2.05, 4.69) is 5.32 Å². The summed E-state index contributed by atoms with van der Waals surface area (Å²) >= 11 is 0. The number of fused-ring (bicyclic) bond motifs is 2. The number of carbonyl (C=O) groups excluding carboxylic acids is 3. The van der Waals surface area contributed by atoms with Crippen molar-refractivity contribution in [2.45, 2.75) is 9.79 Å². The Labute approximate surface area is 170 Å². The molecule has 150 valence electrons. The van der Waals surface area contributed by atoms with E-state index in [4.69, 9.17) is 5.73 Å². The molecular weight excluding hydrogens is 411 g/mol. The molecule has 1 aliphatic rings. The van der Waals surface area contributed by atoms with Crippen LogP contribution in [0.2, 0.25) is 0 Å². The largest absolute Gasteiger partial charge is 0.366 e. The van der Waals surface area contributed by atoms with E-state index in [1.807, 2.05) is 0 Å². The maximum atomic E-state index is 13.6. The molecule has 9 heteroatoms. The van der Waals surface area contributed by atoms with Crippen LogP contribution < -0.4 is 11.1 Å². The van der Waals surface area contributed by atoms with Crippen LogP contribution in [0.25, 0.3) is 0 Å². The summed E-state index contributed by atoms with van der Waals surface area (Å²) in [5, 5.41) is 2.45. The van der Waals surface area contributed by atoms with Crippen LogP contribution in [0.5, 0.6) is 0 Å². The molecule has 0 saturated heterocycles. The zero-order valence-electron chi connectivity index (χ0n) is 15.2. The highest BCUT2D eigenvalue weighted by molar-refractivity contribution is 7.91. The average molecular weight is 424 g/mol. The van der Waals surface area contributed by atoms with Crippen LogP contribution in [0, 0.1) is 5.82 Å². The molecule has 30 heavy (non-hydrogen) atoms. The number of rotatable bonds is 3. The summed E-state index contributed by atoms with van der Waals surface area (Å²) in [5.41, 5.74) is 4.81. The molecule has 0 spiro atoms. The molecule has 0 aliphatic carbocycles. The summed E-state index contributed by atoms with van der Waals surface area (Å²) in [5.74, 6) is -2.99. The monoisotopic (exact) mass is 424 g/mol. The lowest BCUT2D eigenvalue weighted by atomic mass is 10.0. The molecule has 0 saturated carbocycles. The smallest absolute Gasteiger partial charge is 0.255 e. The van der Waals surface area contributed by atoms with Crippen molar-refractivity contribution in [3.63, 3.8) is 0 Å². The lowest BCUT2D eigenvalue weighted by Gasteiger charge is -2.19. The first-order chi connectivity index (χ1) is 14.2. The Hall–Kier alpha value is -3.85. The van der Waals surface area contributed by atoms with E-state index in [1.165, 1.54) is 36.4 Å². The van der Waals surface area contributed by atoms with Gasteiger partial charge in [0, 0.05) is 22.4 Å². The number of anilines is 1. The fraction of sp³-hybridized carbons (Fsp3) is 0. The van der Waals surface area contributed by atoms with Crippen molar-refractivity contribution >= 4 is 33.1 Å². The Morgan fingerprint density at radius 1 is 0.900 bits per heavy atom. The number of hydrogen-bond donors (Lipinski definition) is 2. The second-order valence-corrected chi connectivity index (χ2v) is 8.44. The van der Waals surface area contributed by atoms with E-state index in [0.29, 0.717) is 0 Å². The van der Waals surface area contributed by atoms with Crippen LogP contribution >= 0.6 is 0 Å². The molecule has 0 unspecified atom stereocenters. The summed E-state index contributed by atoms with van der Waals surface area (Å²) in [6, 6.07) is 12.8. The zero-order chi connectivity index (χ0) is 21.6. The minimum atomic E-state index is -4.00. The number of primary amides is 1. The Morgan fingerprint density at radius 3 is 2.33 bits per heavy atom. The third-order valence-electron chi connectivity index (χ3n) is 4.69. The van der Waals surface area contributed by atoms with Gasteiger partial charge in [0.1, 0.15) is 5.82 Å². The summed E-state index contributed by atoms with van der Waals surface area (Å²) < 4.78 is 39.5. The van der Waals surface area contributed by atoms with Gasteiger partial charge in [0.2, 0.25) is 9.84 Å². The summed E-state index contributed by atoms with van der Waals surface area (Å²) in [7, 11) is -4.00. The van der Waals surface area contributed by atoms with E-state index in [0.717, 1.165) is 18.2 Å². The van der Waals surface area contributed by atoms with E-state index in [1.54, 1.807) is 6.07 Å². The van der Waals surface area contributed by atoms with Gasteiger partial charge in [-0.1, -0.05) is 12.1 Å². The first-order valence-corrected chi connectivity index (χ1v) is 10.1. The van der Waals surface area contributed by atoms with E-state index >= 15 is 0 Å². The maximum Gasteiger partial charge on any atom is 0.255 e. The topological polar surface area (TPSA) is 123 Å². The molecule has 3 aromatic carbocycles. The predicted octanol–water partition coefficient (Wildman–Crippen LogP) is 2.55. The number of ketones is 1. The van der Waals surface area contributed by atoms with Crippen molar-refractivity contribution in [3.05, 3.63) is 88.7 Å². The first kappa shape index (κ1) is 19.5. The molecule has 0 fully saturated rings. The SMILES string of the molecule is NC(=O)c1cc(NC(=O)c2ccc3c(c2)S(=O)(=O)c2ccccc2C3=O)ccc1F. The van der Waals surface area contributed by atoms with Crippen LogP contribution in [0.1, 0.15) is 36.6 Å². The zero-order valence-corrected chi connectivity index (χ0v) is 16.0. The molecular formula is C21H13FN2O5S. The molecule has 0 atom stereocenters. The molecule has 1 aliphatic heterocycles. The van der Waals surface area contributed by atoms with Gasteiger partial charge in [0.15, 0.2) is 5.78 Å². The fourth-order valence-electron chi connectivity index (χ4n) is 3.22. The fourth-order valence-corrected chi connectivity index (χ4v) is 4.90. The minimum Gasteiger partial charge on any atom is -0.366 e. The molecule has 0 aromatic heterocycles. The predicted molar refractivity (Wildman–Crippen MR) is 105 cm³/mol. The Morgan fingerprint density at radius 2 is 1.60 bits per heavy atom. The van der Waals surface area contributed by atoms with Crippen LogP contribution in [0.15, 0.2) is 70.5 Å². The average Bonchev–Trinajstić information content (AvgIpc) is 2.73. The van der Waals surface area contributed by atoms with Gasteiger partial charge in [0.05, 0.1) is 15.4 Å². The van der Waals surface area contributed by atoms with E-state index < -0.39 is 38.8 Å². The number of halogens is 1. The lowest BCUT2D eigenvalue weighted by Crippen LogP contribution is -2.21. The minimum absolute atomic E-state index is 0.0250. The van der Waals surface area contributed by atoms with E-state index in [-0.39, 0.29) is 32.2 Å². The van der Waals surface area contributed by atoms with Gasteiger partial charge >= 0.3 is 0 Å². The standard InChI is InChI=1S/C21H13FN2O5S/c22-16-8-6-12(10-15(16)20(23)26)24-21(27)11-5-7-14-18(9-11)30(28,29)17-4-2-1-3-13(17)19(14)25/h1-10H,(H2,23,26)(H,24,27). The third kappa shape index (κ3) is 3.05. The van der Waals surface area contributed by atoms with Crippen LogP contribution in [0.3, 0.4) is 0 Å². The number of amides is 2. The highest BCUT2D eigenvalue weighted by Gasteiger charge is 2.35. The van der Waals surface area contributed by atoms with Gasteiger partial charge in [0.25, 0.3) is 11.8 Å². The summed E-state index contributed by atoms with van der Waals surface area (Å²) in [6.45, 7) is 0. The number of nitrogens with two attached hydrogens (primary N) is 1. The summed E-state index contributed by atoms with van der Waals surface area (Å²) in [4.78, 5) is 36.1. The molecule has 3 aromatic rings. The van der Waals surface area contributed by atoms with Gasteiger partial charge in [-0.15, -0.1) is 0 Å². The molecule has 3 N–H and O–H groups in total. The van der Waals surface area contributed by atoms with Crippen molar-refractivity contribution in [1.29, 1.82) is 0 Å². The molecule has 0 bridgehead atoms. The van der Waals surface area contributed by atoms with Gasteiger partial charge in [-0.3, -0.25) is 14.4 Å². The highest BCUT2D eigenvalue weighted by atomic mass is 32.2. The highest BCUT2D eigenvalue weighted by Crippen LogP contribution is 2.34. The van der Waals surface area contributed by atoms with Crippen molar-refractivity contribution in [1.82, 2.24) is 0 Å². The molecule has 7 nitrogen and oxygen atoms in total. The Kier molecular flexibility index (Phi) is 4.47. The second-order valence-electron chi connectivity index (χ2n) is 6.55. The number of benzene rings is 3. The summed E-state index contributed by atoms with van der Waals surface area (Å²) in [6.07, 6.45) is 0. The number of carbonyl (C=O) groups is 3.